The van der Waals surface area contributed by atoms with Gasteiger partial charge in [0.25, 0.3) is 5.17 Å². The zero-order valence-electron chi connectivity index (χ0n) is 7.21. The number of anilines is 1. The number of hydrogen-bond donors (Lipinski definition) is 1. The average Bonchev–Trinajstić information content (AvgIpc) is 2.09. The predicted octanol–water partition coefficient (Wildman–Crippen LogP) is 3.02. The van der Waals surface area contributed by atoms with Crippen molar-refractivity contribution in [2.45, 2.75) is 6.92 Å². The van der Waals surface area contributed by atoms with E-state index in [4.69, 9.17) is 17.0 Å². The Hall–Kier alpha value is -0.360. The lowest BCUT2D eigenvalue weighted by Gasteiger charge is -2.07. The van der Waals surface area contributed by atoms with Crippen LogP contribution in [0.1, 0.15) is 6.92 Å². The van der Waals surface area contributed by atoms with Crippen LogP contribution < -0.4 is 5.32 Å². The molecule has 0 aliphatic heterocycles. The number of ether oxygens (including phenoxy) is 1. The molecular formula is C9H10INOS. The number of halogens is 1. The molecule has 0 amide bonds. The van der Waals surface area contributed by atoms with E-state index < -0.39 is 0 Å². The molecule has 0 spiro atoms. The zero-order chi connectivity index (χ0) is 9.68. The maximum Gasteiger partial charge on any atom is 0.261 e. The van der Waals surface area contributed by atoms with E-state index in [2.05, 4.69) is 27.9 Å². The Bertz CT molecular complexity index is 286. The summed E-state index contributed by atoms with van der Waals surface area (Å²) >= 11 is 7.19. The smallest absolute Gasteiger partial charge is 0.261 e. The molecule has 0 bridgehead atoms. The Morgan fingerprint density at radius 3 is 2.62 bits per heavy atom. The van der Waals surface area contributed by atoms with Crippen molar-refractivity contribution >= 4 is 45.7 Å². The quantitative estimate of drug-likeness (QED) is 0.670. The molecule has 70 valence electrons. The second-order valence-corrected chi connectivity index (χ2v) is 3.97. The molecule has 1 rings (SSSR count). The topological polar surface area (TPSA) is 21.3 Å². The number of hydrogen-bond acceptors (Lipinski definition) is 2. The van der Waals surface area contributed by atoms with E-state index in [1.54, 1.807) is 0 Å². The first-order valence-corrected chi connectivity index (χ1v) is 5.40. The molecule has 0 radical (unpaired) electrons. The van der Waals surface area contributed by atoms with Crippen molar-refractivity contribution < 1.29 is 4.74 Å². The first-order chi connectivity index (χ1) is 6.22. The van der Waals surface area contributed by atoms with E-state index in [1.165, 1.54) is 3.57 Å². The van der Waals surface area contributed by atoms with Crippen LogP contribution >= 0.6 is 34.8 Å². The lowest BCUT2D eigenvalue weighted by atomic mass is 10.3. The number of benzene rings is 1. The van der Waals surface area contributed by atoms with E-state index >= 15 is 0 Å². The predicted molar refractivity (Wildman–Crippen MR) is 67.0 cm³/mol. The molecular weight excluding hydrogens is 297 g/mol. The Balaban J connectivity index is 2.54. The lowest BCUT2D eigenvalue weighted by Crippen LogP contribution is -2.12. The molecule has 1 aromatic rings. The summed E-state index contributed by atoms with van der Waals surface area (Å²) in [7, 11) is 0. The second kappa shape index (κ2) is 5.39. The zero-order valence-corrected chi connectivity index (χ0v) is 10.2. The van der Waals surface area contributed by atoms with Crippen LogP contribution in [0.15, 0.2) is 24.3 Å². The molecule has 1 aromatic carbocycles. The van der Waals surface area contributed by atoms with Gasteiger partial charge in [0.15, 0.2) is 0 Å². The lowest BCUT2D eigenvalue weighted by molar-refractivity contribution is 0.335. The highest BCUT2D eigenvalue weighted by Crippen LogP contribution is 2.11. The number of nitrogens with one attached hydrogen (secondary N) is 1. The monoisotopic (exact) mass is 307 g/mol. The van der Waals surface area contributed by atoms with Gasteiger partial charge >= 0.3 is 0 Å². The maximum absolute atomic E-state index is 5.09. The van der Waals surface area contributed by atoms with Crippen molar-refractivity contribution in [2.75, 3.05) is 11.9 Å². The minimum Gasteiger partial charge on any atom is -0.471 e. The highest BCUT2D eigenvalue weighted by molar-refractivity contribution is 14.1. The summed E-state index contributed by atoms with van der Waals surface area (Å²) in [5, 5.41) is 3.40. The molecule has 2 nitrogen and oxygen atoms in total. The molecule has 13 heavy (non-hydrogen) atoms. The molecule has 0 aliphatic rings. The van der Waals surface area contributed by atoms with Crippen LogP contribution in [0.3, 0.4) is 0 Å². The number of thiocarbonyl (C=S) groups is 1. The van der Waals surface area contributed by atoms with Crippen LogP contribution in [0.5, 0.6) is 0 Å². The van der Waals surface area contributed by atoms with Crippen LogP contribution in [0.2, 0.25) is 0 Å². The molecule has 0 saturated carbocycles. The summed E-state index contributed by atoms with van der Waals surface area (Å²) in [5.74, 6) is 0. The van der Waals surface area contributed by atoms with Gasteiger partial charge in [-0.25, -0.2) is 0 Å². The molecule has 0 heterocycles. The Morgan fingerprint density at radius 1 is 1.46 bits per heavy atom. The summed E-state index contributed by atoms with van der Waals surface area (Å²) in [4.78, 5) is 0. The highest BCUT2D eigenvalue weighted by Gasteiger charge is 1.96. The standard InChI is InChI=1S/C9H10INOS/c1-2-12-9(13)11-8-5-3-7(10)4-6-8/h3-6H,2H2,1H3,(H,11,13). The first kappa shape index (κ1) is 10.7. The molecule has 0 fully saturated rings. The van der Waals surface area contributed by atoms with Gasteiger partial charge in [0.2, 0.25) is 0 Å². The minimum atomic E-state index is 0.420. The minimum absolute atomic E-state index is 0.420. The summed E-state index contributed by atoms with van der Waals surface area (Å²) in [6.45, 7) is 2.50. The van der Waals surface area contributed by atoms with Gasteiger partial charge in [0, 0.05) is 9.26 Å². The van der Waals surface area contributed by atoms with Crippen LogP contribution in [-0.2, 0) is 4.74 Å². The molecule has 1 N–H and O–H groups in total. The van der Waals surface area contributed by atoms with E-state index in [-0.39, 0.29) is 0 Å². The Labute approximate surface area is 96.8 Å². The fourth-order valence-electron chi connectivity index (χ4n) is 0.818. The molecule has 4 heteroatoms. The van der Waals surface area contributed by atoms with E-state index in [1.807, 2.05) is 31.2 Å². The van der Waals surface area contributed by atoms with Crippen molar-refractivity contribution in [3.05, 3.63) is 27.8 Å². The third-order valence-corrected chi connectivity index (χ3v) is 2.31. The van der Waals surface area contributed by atoms with Gasteiger partial charge in [-0.3, -0.25) is 0 Å². The Kier molecular flexibility index (Phi) is 4.44. The third kappa shape index (κ3) is 3.91. The van der Waals surface area contributed by atoms with Gasteiger partial charge in [-0.2, -0.15) is 0 Å². The largest absolute Gasteiger partial charge is 0.471 e. The van der Waals surface area contributed by atoms with Gasteiger partial charge in [0.1, 0.15) is 0 Å². The van der Waals surface area contributed by atoms with Crippen LogP contribution in [0.4, 0.5) is 5.69 Å². The summed E-state index contributed by atoms with van der Waals surface area (Å²) in [6, 6.07) is 7.95. The first-order valence-electron chi connectivity index (χ1n) is 3.91. The van der Waals surface area contributed by atoms with Gasteiger partial charge in [-0.15, -0.1) is 0 Å². The molecule has 0 unspecified atom stereocenters. The van der Waals surface area contributed by atoms with Gasteiger partial charge in [0.05, 0.1) is 6.61 Å². The average molecular weight is 307 g/mol. The fourth-order valence-corrected chi connectivity index (χ4v) is 1.41. The molecule has 0 aromatic heterocycles. The van der Waals surface area contributed by atoms with E-state index in [0.29, 0.717) is 11.8 Å². The van der Waals surface area contributed by atoms with E-state index in [9.17, 15) is 0 Å². The van der Waals surface area contributed by atoms with Gasteiger partial charge in [-0.1, -0.05) is 0 Å². The SMILES string of the molecule is CCOC(=S)Nc1ccc(I)cc1. The second-order valence-electron chi connectivity index (χ2n) is 2.35. The molecule has 0 saturated heterocycles. The van der Waals surface area contributed by atoms with Crippen molar-refractivity contribution in [1.82, 2.24) is 0 Å². The van der Waals surface area contributed by atoms with Crippen molar-refractivity contribution in [2.24, 2.45) is 0 Å². The molecule has 0 aliphatic carbocycles. The fraction of sp³-hybridized carbons (Fsp3) is 0.222. The maximum atomic E-state index is 5.09. The summed E-state index contributed by atoms with van der Waals surface area (Å²) < 4.78 is 6.29. The van der Waals surface area contributed by atoms with Crippen LogP contribution in [0.25, 0.3) is 0 Å². The Morgan fingerprint density at radius 2 is 2.08 bits per heavy atom. The number of rotatable bonds is 2. The van der Waals surface area contributed by atoms with E-state index in [0.717, 1.165) is 5.69 Å². The summed E-state index contributed by atoms with van der Waals surface area (Å²) in [5.41, 5.74) is 0.957. The third-order valence-electron chi connectivity index (χ3n) is 1.37. The molecule has 0 atom stereocenters. The van der Waals surface area contributed by atoms with Gasteiger partial charge < -0.3 is 10.1 Å². The van der Waals surface area contributed by atoms with Crippen molar-refractivity contribution in [3.63, 3.8) is 0 Å². The highest BCUT2D eigenvalue weighted by atomic mass is 127. The summed E-state index contributed by atoms with van der Waals surface area (Å²) in [6.07, 6.45) is 0. The normalized spacial score (nSPS) is 9.38. The van der Waals surface area contributed by atoms with Crippen LogP contribution in [0, 0.1) is 3.57 Å². The van der Waals surface area contributed by atoms with Gasteiger partial charge in [-0.05, 0) is 66.0 Å². The van der Waals surface area contributed by atoms with Crippen molar-refractivity contribution in [3.8, 4) is 0 Å². The van der Waals surface area contributed by atoms with Crippen molar-refractivity contribution in [1.29, 1.82) is 0 Å². The van der Waals surface area contributed by atoms with Crippen LogP contribution in [-0.4, -0.2) is 11.8 Å².